The number of benzene rings is 1. The molecule has 0 aliphatic carbocycles. The molecular formula is C17H26N2O3. The molecule has 0 unspecified atom stereocenters. The van der Waals surface area contributed by atoms with Crippen molar-refractivity contribution in [1.29, 1.82) is 0 Å². The second-order valence-corrected chi connectivity index (χ2v) is 5.90. The van der Waals surface area contributed by atoms with Crippen molar-refractivity contribution < 1.29 is 14.3 Å². The summed E-state index contributed by atoms with van der Waals surface area (Å²) in [5.74, 6) is 0.814. The van der Waals surface area contributed by atoms with Gasteiger partial charge in [-0.1, -0.05) is 6.07 Å². The van der Waals surface area contributed by atoms with E-state index in [0.717, 1.165) is 25.4 Å². The Balaban J connectivity index is 1.64. The van der Waals surface area contributed by atoms with Crippen molar-refractivity contribution >= 4 is 5.91 Å². The third-order valence-electron chi connectivity index (χ3n) is 3.94. The first-order valence-electron chi connectivity index (χ1n) is 7.81. The average molecular weight is 306 g/mol. The number of amides is 1. The molecule has 1 heterocycles. The lowest BCUT2D eigenvalue weighted by molar-refractivity contribution is -0.122. The molecule has 1 atom stereocenters. The predicted molar refractivity (Wildman–Crippen MR) is 86.3 cm³/mol. The lowest BCUT2D eigenvalue weighted by Gasteiger charge is -2.30. The van der Waals surface area contributed by atoms with E-state index in [1.54, 1.807) is 0 Å². The van der Waals surface area contributed by atoms with E-state index in [-0.39, 0.29) is 12.0 Å². The average Bonchev–Trinajstić information content (AvgIpc) is 2.49. The van der Waals surface area contributed by atoms with Crippen LogP contribution in [-0.4, -0.2) is 56.8 Å². The summed E-state index contributed by atoms with van der Waals surface area (Å²) in [6.07, 6.45) is 0.443. The number of hydrogen-bond donors (Lipinski definition) is 1. The maximum absolute atomic E-state index is 11.8. The number of carbonyl (C=O) groups is 1. The Bertz CT molecular complexity index is 505. The van der Waals surface area contributed by atoms with E-state index in [1.807, 2.05) is 18.2 Å². The first kappa shape index (κ1) is 16.8. The zero-order chi connectivity index (χ0) is 15.9. The Hall–Kier alpha value is -1.59. The van der Waals surface area contributed by atoms with Crippen molar-refractivity contribution in [3.05, 3.63) is 29.3 Å². The maximum atomic E-state index is 11.8. The van der Waals surface area contributed by atoms with Gasteiger partial charge in [-0.15, -0.1) is 0 Å². The molecule has 5 heteroatoms. The van der Waals surface area contributed by atoms with Crippen molar-refractivity contribution in [1.82, 2.24) is 10.2 Å². The molecule has 1 saturated heterocycles. The zero-order valence-corrected chi connectivity index (χ0v) is 13.7. The quantitative estimate of drug-likeness (QED) is 0.866. The number of morpholine rings is 1. The molecular weight excluding hydrogens is 280 g/mol. The minimum absolute atomic E-state index is 0.000611. The van der Waals surface area contributed by atoms with Crippen LogP contribution in [0, 0.1) is 13.8 Å². The highest BCUT2D eigenvalue weighted by atomic mass is 16.5. The molecule has 22 heavy (non-hydrogen) atoms. The summed E-state index contributed by atoms with van der Waals surface area (Å²) in [4.78, 5) is 14.0. The summed E-state index contributed by atoms with van der Waals surface area (Å²) in [5.41, 5.74) is 2.43. The third kappa shape index (κ3) is 5.31. The van der Waals surface area contributed by atoms with E-state index < -0.39 is 0 Å². The smallest absolute Gasteiger partial charge is 0.223 e. The van der Waals surface area contributed by atoms with Crippen LogP contribution in [0.4, 0.5) is 0 Å². The van der Waals surface area contributed by atoms with Crippen molar-refractivity contribution in [3.8, 4) is 5.75 Å². The van der Waals surface area contributed by atoms with E-state index in [0.29, 0.717) is 19.6 Å². The van der Waals surface area contributed by atoms with Gasteiger partial charge in [-0.2, -0.15) is 0 Å². The highest BCUT2D eigenvalue weighted by molar-refractivity contribution is 5.76. The minimum Gasteiger partial charge on any atom is -0.493 e. The molecule has 1 aliphatic rings. The normalized spacial score (nSPS) is 19.0. The highest BCUT2D eigenvalue weighted by Gasteiger charge is 2.18. The van der Waals surface area contributed by atoms with Crippen LogP contribution in [0.2, 0.25) is 0 Å². The summed E-state index contributed by atoms with van der Waals surface area (Å²) < 4.78 is 11.2. The molecule has 5 nitrogen and oxygen atoms in total. The first-order chi connectivity index (χ1) is 10.5. The second-order valence-electron chi connectivity index (χ2n) is 5.90. The summed E-state index contributed by atoms with van der Waals surface area (Å²) in [7, 11) is 2.06. The molecule has 1 fully saturated rings. The van der Waals surface area contributed by atoms with Gasteiger partial charge in [0.15, 0.2) is 0 Å². The number of nitrogens with one attached hydrogen (secondary N) is 1. The summed E-state index contributed by atoms with van der Waals surface area (Å²) in [6, 6.07) is 5.96. The largest absolute Gasteiger partial charge is 0.493 e. The predicted octanol–water partition coefficient (Wildman–Crippen LogP) is 1.52. The van der Waals surface area contributed by atoms with Gasteiger partial charge in [0.2, 0.25) is 5.91 Å². The second kappa shape index (κ2) is 8.15. The molecule has 122 valence electrons. The fraction of sp³-hybridized carbons (Fsp3) is 0.588. The standard InChI is InChI=1S/C17H26N2O3/c1-13-4-5-15(10-14(13)2)21-8-6-17(20)18-11-16-12-19(3)7-9-22-16/h4-5,10,16H,6-9,11-12H2,1-3H3,(H,18,20)/t16-/m1/s1. The summed E-state index contributed by atoms with van der Waals surface area (Å²) in [6.45, 7) is 7.61. The number of ether oxygens (including phenoxy) is 2. The Kier molecular flexibility index (Phi) is 6.21. The van der Waals surface area contributed by atoms with E-state index in [9.17, 15) is 4.79 Å². The molecule has 0 aromatic heterocycles. The summed E-state index contributed by atoms with van der Waals surface area (Å²) >= 11 is 0. The lowest BCUT2D eigenvalue weighted by Crippen LogP contribution is -2.46. The van der Waals surface area contributed by atoms with Crippen molar-refractivity contribution in [3.63, 3.8) is 0 Å². The molecule has 1 aliphatic heterocycles. The molecule has 1 amide bonds. The lowest BCUT2D eigenvalue weighted by atomic mass is 10.1. The molecule has 0 bridgehead atoms. The molecule has 0 radical (unpaired) electrons. The van der Waals surface area contributed by atoms with Crippen LogP contribution in [0.15, 0.2) is 18.2 Å². The van der Waals surface area contributed by atoms with Crippen molar-refractivity contribution in [2.45, 2.75) is 26.4 Å². The van der Waals surface area contributed by atoms with Gasteiger partial charge in [0.1, 0.15) is 5.75 Å². The van der Waals surface area contributed by atoms with Crippen LogP contribution < -0.4 is 10.1 Å². The number of likely N-dealkylation sites (N-methyl/N-ethyl adjacent to an activating group) is 1. The van der Waals surface area contributed by atoms with Crippen LogP contribution >= 0.6 is 0 Å². The van der Waals surface area contributed by atoms with E-state index in [4.69, 9.17) is 9.47 Å². The Morgan fingerprint density at radius 1 is 1.41 bits per heavy atom. The van der Waals surface area contributed by atoms with Gasteiger partial charge < -0.3 is 19.7 Å². The monoisotopic (exact) mass is 306 g/mol. The zero-order valence-electron chi connectivity index (χ0n) is 13.7. The fourth-order valence-corrected chi connectivity index (χ4v) is 2.37. The van der Waals surface area contributed by atoms with E-state index in [2.05, 4.69) is 31.1 Å². The van der Waals surface area contributed by atoms with Gasteiger partial charge in [0, 0.05) is 19.6 Å². The molecule has 2 rings (SSSR count). The van der Waals surface area contributed by atoms with Crippen LogP contribution in [0.1, 0.15) is 17.5 Å². The molecule has 0 saturated carbocycles. The number of carbonyl (C=O) groups excluding carboxylic acids is 1. The third-order valence-corrected chi connectivity index (χ3v) is 3.94. The molecule has 1 N–H and O–H groups in total. The van der Waals surface area contributed by atoms with Gasteiger partial charge in [0.05, 0.1) is 25.7 Å². The van der Waals surface area contributed by atoms with Crippen LogP contribution in [0.3, 0.4) is 0 Å². The highest BCUT2D eigenvalue weighted by Crippen LogP contribution is 2.16. The summed E-state index contributed by atoms with van der Waals surface area (Å²) in [5, 5.41) is 2.91. The van der Waals surface area contributed by atoms with Crippen molar-refractivity contribution in [2.75, 3.05) is 39.9 Å². The topological polar surface area (TPSA) is 50.8 Å². The van der Waals surface area contributed by atoms with Crippen molar-refractivity contribution in [2.24, 2.45) is 0 Å². The molecule has 1 aromatic rings. The van der Waals surface area contributed by atoms with Crippen LogP contribution in [0.25, 0.3) is 0 Å². The fourth-order valence-electron chi connectivity index (χ4n) is 2.37. The SMILES string of the molecule is Cc1ccc(OCCC(=O)NC[C@@H]2CN(C)CCO2)cc1C. The van der Waals surface area contributed by atoms with Gasteiger partial charge in [-0.3, -0.25) is 4.79 Å². The number of nitrogens with zero attached hydrogens (tertiary/aromatic N) is 1. The van der Waals surface area contributed by atoms with Gasteiger partial charge in [0.25, 0.3) is 0 Å². The van der Waals surface area contributed by atoms with E-state index >= 15 is 0 Å². The Labute approximate surface area is 132 Å². The minimum atomic E-state index is 0.000611. The van der Waals surface area contributed by atoms with Crippen LogP contribution in [-0.2, 0) is 9.53 Å². The number of rotatable bonds is 6. The Morgan fingerprint density at radius 3 is 2.95 bits per heavy atom. The van der Waals surface area contributed by atoms with Crippen LogP contribution in [0.5, 0.6) is 5.75 Å². The first-order valence-corrected chi connectivity index (χ1v) is 7.81. The van der Waals surface area contributed by atoms with Gasteiger partial charge in [-0.25, -0.2) is 0 Å². The van der Waals surface area contributed by atoms with E-state index in [1.165, 1.54) is 11.1 Å². The van der Waals surface area contributed by atoms with Gasteiger partial charge >= 0.3 is 0 Å². The molecule has 1 aromatic carbocycles. The maximum Gasteiger partial charge on any atom is 0.223 e. The Morgan fingerprint density at radius 2 is 2.23 bits per heavy atom. The number of hydrogen-bond acceptors (Lipinski definition) is 4. The van der Waals surface area contributed by atoms with Gasteiger partial charge in [-0.05, 0) is 44.2 Å². The number of aryl methyl sites for hydroxylation is 2. The molecule has 0 spiro atoms.